The highest BCUT2D eigenvalue weighted by atomic mass is 28.4. The van der Waals surface area contributed by atoms with Crippen LogP contribution < -0.4 is 15.0 Å². The van der Waals surface area contributed by atoms with Crippen LogP contribution in [-0.2, 0) is 33.0 Å². The van der Waals surface area contributed by atoms with E-state index in [9.17, 15) is 19.8 Å². The standard InChI is InChI=1S/C37H44FN5O6Si/c1-23-34(50(4,5)38)33(16-17-42-21-31(40-41-42)29(22-44)26-11-7-6-8-12-26)49-37(23)30-19-28(48-3)14-15-32(30)43(36(37)47)20-25-10-9-13-27(18-25)39-35(46)24(2)45/h6-15,18-19,21,23-24,29,33-34,44-45H,16-17,20,22H2,1-5H3,(H,39,46)/t23-,24-,29?,33+,34-,37+/m0/s1. The van der Waals surface area contributed by atoms with E-state index in [4.69, 9.17) is 9.47 Å². The normalized spacial score (nSPS) is 22.8. The molecule has 50 heavy (non-hydrogen) atoms. The molecular weight excluding hydrogens is 658 g/mol. The predicted octanol–water partition coefficient (Wildman–Crippen LogP) is 5.14. The zero-order chi connectivity index (χ0) is 35.8. The number of aromatic nitrogens is 3. The van der Waals surface area contributed by atoms with Crippen LogP contribution in [0.2, 0.25) is 18.6 Å². The molecule has 4 aromatic rings. The van der Waals surface area contributed by atoms with Crippen molar-refractivity contribution >= 4 is 31.6 Å². The van der Waals surface area contributed by atoms with E-state index in [-0.39, 0.29) is 25.0 Å². The Morgan fingerprint density at radius 3 is 2.58 bits per heavy atom. The van der Waals surface area contributed by atoms with Gasteiger partial charge in [0.2, 0.25) is 8.41 Å². The molecule has 13 heteroatoms. The summed E-state index contributed by atoms with van der Waals surface area (Å²) in [6, 6.07) is 22.1. The monoisotopic (exact) mass is 701 g/mol. The number of hydrogen-bond acceptors (Lipinski definition) is 8. The number of rotatable bonds is 12. The molecule has 3 heterocycles. The Morgan fingerprint density at radius 2 is 1.90 bits per heavy atom. The van der Waals surface area contributed by atoms with E-state index in [0.29, 0.717) is 41.3 Å². The molecule has 2 aliphatic heterocycles. The molecule has 0 saturated carbocycles. The Kier molecular flexibility index (Phi) is 9.95. The molecule has 0 bridgehead atoms. The number of nitrogens with one attached hydrogen (secondary N) is 1. The average Bonchev–Trinajstić information content (AvgIpc) is 3.74. The predicted molar refractivity (Wildman–Crippen MR) is 189 cm³/mol. The van der Waals surface area contributed by atoms with Gasteiger partial charge in [-0.2, -0.15) is 0 Å². The quantitative estimate of drug-likeness (QED) is 0.136. The number of carbonyl (C=O) groups excluding carboxylic acids is 2. The maximum absolute atomic E-state index is 16.4. The first-order valence-corrected chi connectivity index (χ1v) is 19.8. The van der Waals surface area contributed by atoms with Crippen molar-refractivity contribution < 1.29 is 33.4 Å². The Balaban J connectivity index is 1.30. The third-order valence-corrected chi connectivity index (χ3v) is 12.5. The molecule has 11 nitrogen and oxygen atoms in total. The SMILES string of the molecule is COc1ccc2c(c1)[C@@]1(O[C@H](CCn3cc(C(CO)c4ccccc4)nn3)[C@@H]([Si](C)(C)F)[C@@H]1C)C(=O)N2Cc1cccc(NC(=O)[C@H](C)O)c1. The summed E-state index contributed by atoms with van der Waals surface area (Å²) < 4.78 is 30.6. The molecule has 6 rings (SSSR count). The van der Waals surface area contributed by atoms with Crippen molar-refractivity contribution in [3.63, 3.8) is 0 Å². The molecule has 1 fully saturated rings. The van der Waals surface area contributed by atoms with Gasteiger partial charge < -0.3 is 34.0 Å². The number of anilines is 2. The first-order chi connectivity index (χ1) is 23.9. The van der Waals surface area contributed by atoms with Crippen molar-refractivity contribution in [3.8, 4) is 5.75 Å². The lowest BCUT2D eigenvalue weighted by Crippen LogP contribution is -2.45. The summed E-state index contributed by atoms with van der Waals surface area (Å²) in [7, 11) is -1.85. The second-order valence-electron chi connectivity index (χ2n) is 13.8. The molecular formula is C37H44FN5O6Si. The summed E-state index contributed by atoms with van der Waals surface area (Å²) in [5.41, 5.74) is 2.12. The second-order valence-corrected chi connectivity index (χ2v) is 17.5. The molecule has 6 atom stereocenters. The minimum Gasteiger partial charge on any atom is -0.497 e. The number of amides is 2. The highest BCUT2D eigenvalue weighted by molar-refractivity contribution is 6.72. The smallest absolute Gasteiger partial charge is 0.264 e. The lowest BCUT2D eigenvalue weighted by Gasteiger charge is -2.31. The van der Waals surface area contributed by atoms with Crippen LogP contribution in [0.1, 0.15) is 48.6 Å². The largest absolute Gasteiger partial charge is 0.497 e. The number of aliphatic hydroxyl groups is 2. The van der Waals surface area contributed by atoms with Gasteiger partial charge in [-0.25, -0.2) is 0 Å². The number of aliphatic hydroxyl groups excluding tert-OH is 2. The van der Waals surface area contributed by atoms with Gasteiger partial charge in [-0.05, 0) is 67.9 Å². The van der Waals surface area contributed by atoms with Crippen molar-refractivity contribution in [2.24, 2.45) is 5.92 Å². The number of methoxy groups -OCH3 is 1. The van der Waals surface area contributed by atoms with E-state index in [1.807, 2.05) is 55.5 Å². The fourth-order valence-electron chi connectivity index (χ4n) is 7.65. The average molecular weight is 702 g/mol. The number of nitrogens with zero attached hydrogens (tertiary/aromatic N) is 4. The molecule has 0 radical (unpaired) electrons. The van der Waals surface area contributed by atoms with E-state index < -0.39 is 43.6 Å². The van der Waals surface area contributed by atoms with Crippen molar-refractivity contribution in [3.05, 3.63) is 101 Å². The Bertz CT molecular complexity index is 1850. The van der Waals surface area contributed by atoms with E-state index >= 15 is 4.11 Å². The lowest BCUT2D eigenvalue weighted by atomic mass is 9.82. The summed E-state index contributed by atoms with van der Waals surface area (Å²) in [4.78, 5) is 28.6. The maximum atomic E-state index is 16.4. The van der Waals surface area contributed by atoms with E-state index in [1.165, 1.54) is 6.92 Å². The van der Waals surface area contributed by atoms with Crippen LogP contribution in [-0.4, -0.2) is 71.4 Å². The first kappa shape index (κ1) is 35.4. The minimum atomic E-state index is -3.41. The molecule has 3 aromatic carbocycles. The number of aryl methyl sites for hydroxylation is 1. The Morgan fingerprint density at radius 1 is 1.14 bits per heavy atom. The van der Waals surface area contributed by atoms with Gasteiger partial charge in [0.05, 0.1) is 43.7 Å². The van der Waals surface area contributed by atoms with Gasteiger partial charge in [0.25, 0.3) is 11.8 Å². The number of benzene rings is 3. The molecule has 1 aromatic heterocycles. The fraction of sp³-hybridized carbons (Fsp3) is 0.405. The van der Waals surface area contributed by atoms with Crippen molar-refractivity contribution in [1.82, 2.24) is 15.0 Å². The third-order valence-electron chi connectivity index (χ3n) is 10.0. The van der Waals surface area contributed by atoms with Crippen molar-refractivity contribution in [2.75, 3.05) is 23.9 Å². The molecule has 264 valence electrons. The van der Waals surface area contributed by atoms with Gasteiger partial charge >= 0.3 is 0 Å². The van der Waals surface area contributed by atoms with E-state index in [2.05, 4.69) is 15.6 Å². The molecule has 1 spiro atoms. The van der Waals surface area contributed by atoms with Crippen LogP contribution in [0, 0.1) is 5.92 Å². The highest BCUT2D eigenvalue weighted by Crippen LogP contribution is 2.60. The zero-order valence-corrected chi connectivity index (χ0v) is 29.9. The molecule has 2 aliphatic rings. The summed E-state index contributed by atoms with van der Waals surface area (Å²) in [5, 5.41) is 31.1. The number of ether oxygens (including phenoxy) is 2. The fourth-order valence-corrected chi connectivity index (χ4v) is 10.2. The van der Waals surface area contributed by atoms with Gasteiger partial charge in [0, 0.05) is 35.5 Å². The number of fused-ring (bicyclic) bond motifs is 2. The van der Waals surface area contributed by atoms with Crippen LogP contribution in [0.3, 0.4) is 0 Å². The van der Waals surface area contributed by atoms with Crippen LogP contribution in [0.4, 0.5) is 15.5 Å². The van der Waals surface area contributed by atoms with Crippen molar-refractivity contribution in [2.45, 2.75) is 75.7 Å². The minimum absolute atomic E-state index is 0.125. The van der Waals surface area contributed by atoms with Gasteiger partial charge in [0.1, 0.15) is 11.9 Å². The first-order valence-electron chi connectivity index (χ1n) is 16.9. The summed E-state index contributed by atoms with van der Waals surface area (Å²) >= 11 is 0. The number of halogens is 1. The van der Waals surface area contributed by atoms with E-state index in [0.717, 1.165) is 11.1 Å². The molecule has 1 saturated heterocycles. The van der Waals surface area contributed by atoms with Crippen LogP contribution in [0.15, 0.2) is 79.0 Å². The van der Waals surface area contributed by atoms with Crippen LogP contribution >= 0.6 is 0 Å². The van der Waals surface area contributed by atoms with Gasteiger partial charge in [-0.3, -0.25) is 14.3 Å². The Hall–Kier alpha value is -4.43. The van der Waals surface area contributed by atoms with Gasteiger partial charge in [-0.1, -0.05) is 54.6 Å². The molecule has 1 unspecified atom stereocenters. The highest BCUT2D eigenvalue weighted by Gasteiger charge is 2.66. The summed E-state index contributed by atoms with van der Waals surface area (Å²) in [5.74, 6) is -1.09. The zero-order valence-electron chi connectivity index (χ0n) is 28.9. The second kappa shape index (κ2) is 14.1. The summed E-state index contributed by atoms with van der Waals surface area (Å²) in [6.07, 6.45) is 0.431. The van der Waals surface area contributed by atoms with Crippen LogP contribution in [0.25, 0.3) is 0 Å². The summed E-state index contributed by atoms with van der Waals surface area (Å²) in [6.45, 7) is 7.06. The molecule has 2 amide bonds. The van der Waals surface area contributed by atoms with Crippen molar-refractivity contribution in [1.29, 1.82) is 0 Å². The topological polar surface area (TPSA) is 139 Å². The molecule has 3 N–H and O–H groups in total. The number of carbonyl (C=O) groups is 2. The van der Waals surface area contributed by atoms with Gasteiger partial charge in [0.15, 0.2) is 5.60 Å². The Labute approximate surface area is 292 Å². The van der Waals surface area contributed by atoms with E-state index in [1.54, 1.807) is 60.2 Å². The van der Waals surface area contributed by atoms with Crippen LogP contribution in [0.5, 0.6) is 5.75 Å². The van der Waals surface area contributed by atoms with Gasteiger partial charge in [-0.15, -0.1) is 5.10 Å². The lowest BCUT2D eigenvalue weighted by molar-refractivity contribution is -0.146. The third kappa shape index (κ3) is 6.58. The maximum Gasteiger partial charge on any atom is 0.264 e. The molecule has 0 aliphatic carbocycles. The number of hydrogen-bond donors (Lipinski definition) is 3.